The molecular formula is C21H27ClN6O2. The molecule has 1 fully saturated rings. The lowest BCUT2D eigenvalue weighted by Gasteiger charge is -2.40. The molecule has 0 radical (unpaired) electrons. The van der Waals surface area contributed by atoms with Gasteiger partial charge in [0.2, 0.25) is 5.96 Å². The van der Waals surface area contributed by atoms with Gasteiger partial charge in [0.15, 0.2) is 12.2 Å². The molecule has 1 aromatic carbocycles. The topological polar surface area (TPSA) is 62.7 Å². The molecule has 3 aliphatic rings. The number of hydrogen-bond acceptors (Lipinski definition) is 6. The van der Waals surface area contributed by atoms with Gasteiger partial charge in [-0.05, 0) is 51.7 Å². The van der Waals surface area contributed by atoms with Gasteiger partial charge in [-0.3, -0.25) is 9.69 Å². The second-order valence-corrected chi connectivity index (χ2v) is 8.65. The van der Waals surface area contributed by atoms with E-state index in [0.29, 0.717) is 5.02 Å². The maximum Gasteiger partial charge on any atom is 0.328 e. The van der Waals surface area contributed by atoms with E-state index in [1.165, 1.54) is 4.90 Å². The second-order valence-electron chi connectivity index (χ2n) is 8.22. The molecule has 0 N–H and O–H groups in total. The van der Waals surface area contributed by atoms with Crippen molar-refractivity contribution in [3.8, 4) is 0 Å². The molecule has 0 spiro atoms. The Kier molecular flexibility index (Phi) is 5.46. The smallest absolute Gasteiger partial charge is 0.315 e. The highest BCUT2D eigenvalue weighted by molar-refractivity contribution is 6.30. The summed E-state index contributed by atoms with van der Waals surface area (Å²) in [6.45, 7) is 4.02. The Hall–Kier alpha value is -2.58. The lowest BCUT2D eigenvalue weighted by Crippen LogP contribution is -2.63. The highest BCUT2D eigenvalue weighted by Crippen LogP contribution is 2.34. The molecule has 8 nitrogen and oxygen atoms in total. The zero-order valence-electron chi connectivity index (χ0n) is 17.7. The molecule has 4 rings (SSSR count). The molecule has 3 amide bonds. The van der Waals surface area contributed by atoms with E-state index in [9.17, 15) is 9.59 Å². The van der Waals surface area contributed by atoms with Crippen molar-refractivity contribution in [1.82, 2.24) is 24.5 Å². The maximum absolute atomic E-state index is 13.4. The van der Waals surface area contributed by atoms with Crippen molar-refractivity contribution in [3.05, 3.63) is 46.7 Å². The zero-order valence-corrected chi connectivity index (χ0v) is 18.5. The summed E-state index contributed by atoms with van der Waals surface area (Å²) in [4.78, 5) is 40.2. The van der Waals surface area contributed by atoms with Gasteiger partial charge in [0.1, 0.15) is 0 Å². The molecule has 2 unspecified atom stereocenters. The highest BCUT2D eigenvalue weighted by atomic mass is 35.5. The number of nitrogens with zero attached hydrogens (tertiary/aromatic N) is 6. The lowest BCUT2D eigenvalue weighted by atomic mass is 10.1. The average Bonchev–Trinajstić information content (AvgIpc) is 3.20. The molecule has 160 valence electrons. The number of benzene rings is 1. The van der Waals surface area contributed by atoms with Crippen LogP contribution in [-0.4, -0.2) is 88.8 Å². The Bertz CT molecular complexity index is 913. The molecule has 2 atom stereocenters. The van der Waals surface area contributed by atoms with Crippen LogP contribution in [0.4, 0.5) is 4.79 Å². The van der Waals surface area contributed by atoms with Crippen molar-refractivity contribution in [2.75, 3.05) is 34.2 Å². The first-order valence-electron chi connectivity index (χ1n) is 10.1. The van der Waals surface area contributed by atoms with Gasteiger partial charge in [0.05, 0.1) is 6.54 Å². The SMILES string of the molecule is CC1=CN2C(=NC3C2C(=O)N(Cc2ccc(Cl)cc2)C(=O)N3C)N1CCCN(C)C. The number of guanidine groups is 1. The fourth-order valence-electron chi connectivity index (χ4n) is 4.14. The Morgan fingerprint density at radius 2 is 1.83 bits per heavy atom. The molecule has 1 saturated heterocycles. The molecule has 30 heavy (non-hydrogen) atoms. The first-order valence-corrected chi connectivity index (χ1v) is 10.4. The number of carbonyl (C=O) groups excluding carboxylic acids is 2. The summed E-state index contributed by atoms with van der Waals surface area (Å²) in [6.07, 6.45) is 2.44. The quantitative estimate of drug-likeness (QED) is 0.692. The predicted octanol–water partition coefficient (Wildman–Crippen LogP) is 2.23. The van der Waals surface area contributed by atoms with E-state index in [-0.39, 0.29) is 18.5 Å². The lowest BCUT2D eigenvalue weighted by molar-refractivity contribution is -0.137. The Labute approximate surface area is 182 Å². The van der Waals surface area contributed by atoms with Crippen molar-refractivity contribution in [3.63, 3.8) is 0 Å². The Balaban J connectivity index is 1.55. The Morgan fingerprint density at radius 3 is 2.50 bits per heavy atom. The minimum absolute atomic E-state index is 0.209. The summed E-state index contributed by atoms with van der Waals surface area (Å²) >= 11 is 5.96. The van der Waals surface area contributed by atoms with Crippen LogP contribution >= 0.6 is 11.6 Å². The number of urea groups is 1. The van der Waals surface area contributed by atoms with Crippen molar-refractivity contribution >= 4 is 29.5 Å². The second kappa shape index (κ2) is 7.92. The van der Waals surface area contributed by atoms with Crippen LogP contribution in [0.1, 0.15) is 18.9 Å². The normalized spacial score (nSPS) is 23.3. The number of rotatable bonds is 6. The molecule has 3 aliphatic heterocycles. The number of aliphatic imine (C=N–C) groups is 1. The summed E-state index contributed by atoms with van der Waals surface area (Å²) in [7, 11) is 5.81. The van der Waals surface area contributed by atoms with Gasteiger partial charge >= 0.3 is 6.03 Å². The number of hydrogen-bond donors (Lipinski definition) is 0. The molecule has 0 saturated carbocycles. The number of halogens is 1. The molecule has 0 aromatic heterocycles. The van der Waals surface area contributed by atoms with Crippen molar-refractivity contribution in [1.29, 1.82) is 0 Å². The van der Waals surface area contributed by atoms with E-state index < -0.39 is 12.2 Å². The van der Waals surface area contributed by atoms with Gasteiger partial charge in [0.25, 0.3) is 5.91 Å². The molecule has 1 aromatic rings. The van der Waals surface area contributed by atoms with Crippen LogP contribution in [0.2, 0.25) is 5.02 Å². The first-order chi connectivity index (χ1) is 14.3. The fourth-order valence-corrected chi connectivity index (χ4v) is 4.27. The van der Waals surface area contributed by atoms with E-state index >= 15 is 0 Å². The van der Waals surface area contributed by atoms with E-state index in [2.05, 4.69) is 23.9 Å². The predicted molar refractivity (Wildman–Crippen MR) is 116 cm³/mol. The van der Waals surface area contributed by atoms with Crippen LogP contribution in [0.25, 0.3) is 0 Å². The average molecular weight is 431 g/mol. The van der Waals surface area contributed by atoms with Crippen molar-refractivity contribution in [2.24, 2.45) is 4.99 Å². The maximum atomic E-state index is 13.4. The standard InChI is InChI=1S/C21H27ClN6O2/c1-14-12-27-17-18(23-20(27)26(14)11-5-10-24(2)3)25(4)21(30)28(19(17)29)13-15-6-8-16(22)9-7-15/h6-9,12,17-18H,5,10-11,13H2,1-4H3. The van der Waals surface area contributed by atoms with Crippen LogP contribution in [-0.2, 0) is 11.3 Å². The summed E-state index contributed by atoms with van der Waals surface area (Å²) < 4.78 is 0. The largest absolute Gasteiger partial charge is 0.328 e. The number of fused-ring (bicyclic) bond motifs is 3. The van der Waals surface area contributed by atoms with E-state index in [4.69, 9.17) is 16.6 Å². The van der Waals surface area contributed by atoms with E-state index in [0.717, 1.165) is 36.7 Å². The van der Waals surface area contributed by atoms with Crippen molar-refractivity contribution < 1.29 is 9.59 Å². The monoisotopic (exact) mass is 430 g/mol. The number of imide groups is 1. The third kappa shape index (κ3) is 3.54. The molecule has 0 bridgehead atoms. The van der Waals surface area contributed by atoms with Crippen molar-refractivity contribution in [2.45, 2.75) is 32.1 Å². The van der Waals surface area contributed by atoms with Gasteiger partial charge in [0, 0.05) is 30.5 Å². The van der Waals surface area contributed by atoms with Crippen LogP contribution in [0.3, 0.4) is 0 Å². The van der Waals surface area contributed by atoms with Gasteiger partial charge in [-0.25, -0.2) is 9.79 Å². The Morgan fingerprint density at radius 1 is 1.13 bits per heavy atom. The van der Waals surface area contributed by atoms with Crippen LogP contribution in [0.5, 0.6) is 0 Å². The summed E-state index contributed by atoms with van der Waals surface area (Å²) in [5, 5.41) is 0.619. The number of carbonyl (C=O) groups is 2. The molecule has 9 heteroatoms. The fraction of sp³-hybridized carbons (Fsp3) is 0.476. The number of likely N-dealkylation sites (N-methyl/N-ethyl adjacent to an activating group) is 1. The summed E-state index contributed by atoms with van der Waals surface area (Å²) in [5.41, 5.74) is 1.91. The summed E-state index contributed by atoms with van der Waals surface area (Å²) in [6, 6.07) is 6.31. The number of amides is 3. The minimum Gasteiger partial charge on any atom is -0.315 e. The van der Waals surface area contributed by atoms with E-state index in [1.54, 1.807) is 24.1 Å². The summed E-state index contributed by atoms with van der Waals surface area (Å²) in [5.74, 6) is 0.526. The molecular weight excluding hydrogens is 404 g/mol. The third-order valence-corrected chi connectivity index (χ3v) is 6.00. The highest BCUT2D eigenvalue weighted by Gasteiger charge is 2.54. The zero-order chi connectivity index (χ0) is 21.6. The first kappa shape index (κ1) is 20.7. The van der Waals surface area contributed by atoms with Crippen LogP contribution in [0, 0.1) is 0 Å². The molecule has 0 aliphatic carbocycles. The van der Waals surface area contributed by atoms with Crippen LogP contribution in [0.15, 0.2) is 41.2 Å². The van der Waals surface area contributed by atoms with Gasteiger partial charge in [-0.2, -0.15) is 0 Å². The molecule has 3 heterocycles. The van der Waals surface area contributed by atoms with E-state index in [1.807, 2.05) is 30.2 Å². The van der Waals surface area contributed by atoms with Gasteiger partial charge in [-0.15, -0.1) is 0 Å². The van der Waals surface area contributed by atoms with Crippen LogP contribution < -0.4 is 0 Å². The minimum atomic E-state index is -0.538. The van der Waals surface area contributed by atoms with Gasteiger partial charge < -0.3 is 19.6 Å². The van der Waals surface area contributed by atoms with Gasteiger partial charge in [-0.1, -0.05) is 23.7 Å². The number of allylic oxidation sites excluding steroid dienone is 1. The third-order valence-electron chi connectivity index (χ3n) is 5.74.